The summed E-state index contributed by atoms with van der Waals surface area (Å²) in [5.74, 6) is -1.70. The van der Waals surface area contributed by atoms with E-state index in [1.807, 2.05) is 0 Å². The minimum absolute atomic E-state index is 0.00288. The van der Waals surface area contributed by atoms with Crippen LogP contribution in [0.25, 0.3) is 0 Å². The average molecular weight is 286 g/mol. The predicted molar refractivity (Wildman–Crippen MR) is 77.9 cm³/mol. The molecule has 0 fully saturated rings. The highest BCUT2D eigenvalue weighted by Crippen LogP contribution is 2.20. The minimum atomic E-state index is -1.14. The van der Waals surface area contributed by atoms with Crippen LogP contribution in [0.4, 0.5) is 5.69 Å². The highest BCUT2D eigenvalue weighted by atomic mass is 16.4. The maximum Gasteiger partial charge on any atom is 0.337 e. The number of hydrogen-bond acceptors (Lipinski definition) is 3. The molecule has 2 aromatic rings. The van der Waals surface area contributed by atoms with Crippen LogP contribution in [-0.2, 0) is 0 Å². The fraction of sp³-hybridized carbons (Fsp3) is 0.133. The third-order valence-corrected chi connectivity index (χ3v) is 3.09. The first-order valence-electron chi connectivity index (χ1n) is 6.21. The van der Waals surface area contributed by atoms with Gasteiger partial charge in [-0.1, -0.05) is 12.1 Å². The van der Waals surface area contributed by atoms with E-state index in [4.69, 9.17) is 5.11 Å². The number of nitrogens with one attached hydrogen (secondary N) is 1. The van der Waals surface area contributed by atoms with Gasteiger partial charge in [0.1, 0.15) is 5.56 Å². The molecule has 0 unspecified atom stereocenters. The van der Waals surface area contributed by atoms with Crippen LogP contribution < -0.4 is 10.3 Å². The third kappa shape index (κ3) is 2.84. The number of carbonyl (C=O) groups excluding carboxylic acids is 1. The van der Waals surface area contributed by atoms with E-state index < -0.39 is 17.3 Å². The Kier molecular flexibility index (Phi) is 3.89. The van der Waals surface area contributed by atoms with Gasteiger partial charge in [0, 0.05) is 25.0 Å². The molecule has 21 heavy (non-hydrogen) atoms. The van der Waals surface area contributed by atoms with Gasteiger partial charge in [0.2, 0.25) is 0 Å². The number of benzene rings is 1. The summed E-state index contributed by atoms with van der Waals surface area (Å²) in [5.41, 5.74) is 0.427. The smallest absolute Gasteiger partial charge is 0.337 e. The van der Waals surface area contributed by atoms with Gasteiger partial charge in [0.05, 0.1) is 11.3 Å². The standard InChI is InChI=1S/C15H14N2O4/c1-9-7-13(18)11(8-16-9)14(19)17(2)12-6-4-3-5-10(12)15(20)21/h3-8H,1-2H3,(H,16,18)(H,20,21). The Hall–Kier alpha value is -2.89. The molecule has 0 aliphatic carbocycles. The van der Waals surface area contributed by atoms with Crippen molar-refractivity contribution in [2.45, 2.75) is 6.92 Å². The number of pyridine rings is 1. The quantitative estimate of drug-likeness (QED) is 0.897. The van der Waals surface area contributed by atoms with Crippen molar-refractivity contribution in [1.82, 2.24) is 4.98 Å². The first-order chi connectivity index (χ1) is 9.91. The summed E-state index contributed by atoms with van der Waals surface area (Å²) in [7, 11) is 1.43. The Morgan fingerprint density at radius 3 is 2.48 bits per heavy atom. The zero-order valence-electron chi connectivity index (χ0n) is 11.6. The molecular weight excluding hydrogens is 272 g/mol. The molecule has 6 heteroatoms. The van der Waals surface area contributed by atoms with Gasteiger partial charge in [-0.25, -0.2) is 4.79 Å². The maximum atomic E-state index is 12.4. The number of amides is 1. The fourth-order valence-electron chi connectivity index (χ4n) is 1.98. The van der Waals surface area contributed by atoms with Crippen LogP contribution >= 0.6 is 0 Å². The van der Waals surface area contributed by atoms with E-state index in [9.17, 15) is 14.4 Å². The summed E-state index contributed by atoms with van der Waals surface area (Å²) >= 11 is 0. The first-order valence-corrected chi connectivity index (χ1v) is 6.21. The zero-order valence-corrected chi connectivity index (χ0v) is 11.6. The van der Waals surface area contributed by atoms with Gasteiger partial charge >= 0.3 is 5.97 Å². The number of rotatable bonds is 3. The van der Waals surface area contributed by atoms with Crippen LogP contribution in [0, 0.1) is 6.92 Å². The minimum Gasteiger partial charge on any atom is -0.478 e. The molecule has 1 heterocycles. The number of aromatic nitrogens is 1. The largest absolute Gasteiger partial charge is 0.478 e. The number of para-hydroxylation sites is 1. The number of anilines is 1. The van der Waals surface area contributed by atoms with Crippen molar-refractivity contribution >= 4 is 17.6 Å². The van der Waals surface area contributed by atoms with Gasteiger partial charge in [0.15, 0.2) is 5.43 Å². The van der Waals surface area contributed by atoms with E-state index in [2.05, 4.69) is 4.98 Å². The number of carbonyl (C=O) groups is 2. The van der Waals surface area contributed by atoms with Gasteiger partial charge in [-0.15, -0.1) is 0 Å². The van der Waals surface area contributed by atoms with Crippen molar-refractivity contribution in [3.63, 3.8) is 0 Å². The molecule has 108 valence electrons. The van der Waals surface area contributed by atoms with E-state index in [-0.39, 0.29) is 16.8 Å². The Morgan fingerprint density at radius 2 is 1.86 bits per heavy atom. The van der Waals surface area contributed by atoms with Gasteiger partial charge in [-0.2, -0.15) is 0 Å². The Morgan fingerprint density at radius 1 is 1.19 bits per heavy atom. The molecule has 1 aromatic heterocycles. The lowest BCUT2D eigenvalue weighted by molar-refractivity contribution is 0.0697. The molecular formula is C15H14N2O4. The monoisotopic (exact) mass is 286 g/mol. The lowest BCUT2D eigenvalue weighted by Crippen LogP contribution is -2.32. The van der Waals surface area contributed by atoms with Crippen molar-refractivity contribution in [2.24, 2.45) is 0 Å². The molecule has 0 aliphatic heterocycles. The number of aromatic carboxylic acids is 1. The average Bonchev–Trinajstić information content (AvgIpc) is 2.45. The van der Waals surface area contributed by atoms with Crippen molar-refractivity contribution in [2.75, 3.05) is 11.9 Å². The molecule has 0 radical (unpaired) electrons. The van der Waals surface area contributed by atoms with Gasteiger partial charge in [0.25, 0.3) is 5.91 Å². The summed E-state index contributed by atoms with van der Waals surface area (Å²) < 4.78 is 0. The molecule has 0 atom stereocenters. The van der Waals surface area contributed by atoms with Gasteiger partial charge in [-0.3, -0.25) is 9.59 Å². The van der Waals surface area contributed by atoms with Crippen molar-refractivity contribution in [3.05, 3.63) is 63.6 Å². The molecule has 6 nitrogen and oxygen atoms in total. The Labute approximate surface area is 120 Å². The molecule has 1 amide bonds. The van der Waals surface area contributed by atoms with E-state index in [1.165, 1.54) is 31.4 Å². The second-order valence-corrected chi connectivity index (χ2v) is 4.58. The van der Waals surface area contributed by atoms with Crippen LogP contribution in [0.15, 0.2) is 41.3 Å². The summed E-state index contributed by atoms with van der Waals surface area (Å²) in [6.45, 7) is 1.71. The number of carboxylic acid groups (broad SMARTS) is 1. The van der Waals surface area contributed by atoms with E-state index >= 15 is 0 Å². The molecule has 0 bridgehead atoms. The van der Waals surface area contributed by atoms with E-state index in [0.29, 0.717) is 5.69 Å². The van der Waals surface area contributed by atoms with E-state index in [1.54, 1.807) is 19.1 Å². The third-order valence-electron chi connectivity index (χ3n) is 3.09. The first kappa shape index (κ1) is 14.5. The Balaban J connectivity index is 2.45. The van der Waals surface area contributed by atoms with Gasteiger partial charge < -0.3 is 15.0 Å². The zero-order chi connectivity index (χ0) is 15.6. The molecule has 2 N–H and O–H groups in total. The highest BCUT2D eigenvalue weighted by molar-refractivity contribution is 6.08. The van der Waals surface area contributed by atoms with Crippen molar-refractivity contribution in [1.29, 1.82) is 0 Å². The summed E-state index contributed by atoms with van der Waals surface area (Å²) in [6, 6.07) is 7.45. The number of nitrogens with zero attached hydrogens (tertiary/aromatic N) is 1. The number of H-pyrrole nitrogens is 1. The van der Waals surface area contributed by atoms with Crippen LogP contribution in [0.2, 0.25) is 0 Å². The number of carboxylic acids is 1. The molecule has 2 rings (SSSR count). The summed E-state index contributed by atoms with van der Waals surface area (Å²) in [5, 5.41) is 9.15. The second kappa shape index (κ2) is 5.62. The van der Waals surface area contributed by atoms with Crippen LogP contribution in [0.1, 0.15) is 26.4 Å². The van der Waals surface area contributed by atoms with Crippen LogP contribution in [0.5, 0.6) is 0 Å². The molecule has 0 spiro atoms. The predicted octanol–water partition coefficient (Wildman–Crippen LogP) is 1.66. The maximum absolute atomic E-state index is 12.4. The fourth-order valence-corrected chi connectivity index (χ4v) is 1.98. The van der Waals surface area contributed by atoms with Crippen molar-refractivity contribution in [3.8, 4) is 0 Å². The molecule has 0 saturated carbocycles. The molecule has 0 aliphatic rings. The summed E-state index contributed by atoms with van der Waals surface area (Å²) in [6.07, 6.45) is 1.33. The Bertz CT molecular complexity index is 764. The lowest BCUT2D eigenvalue weighted by Gasteiger charge is -2.19. The van der Waals surface area contributed by atoms with Crippen LogP contribution in [-0.4, -0.2) is 29.0 Å². The number of hydrogen-bond donors (Lipinski definition) is 2. The SMILES string of the molecule is Cc1cc(=O)c(C(=O)N(C)c2ccccc2C(=O)O)c[nH]1. The topological polar surface area (TPSA) is 90.5 Å². The molecule has 1 aromatic carbocycles. The number of aromatic amines is 1. The molecule has 0 saturated heterocycles. The highest BCUT2D eigenvalue weighted by Gasteiger charge is 2.20. The second-order valence-electron chi connectivity index (χ2n) is 4.58. The van der Waals surface area contributed by atoms with Gasteiger partial charge in [-0.05, 0) is 19.1 Å². The summed E-state index contributed by atoms with van der Waals surface area (Å²) in [4.78, 5) is 39.4. The van der Waals surface area contributed by atoms with Crippen LogP contribution in [0.3, 0.4) is 0 Å². The number of aryl methyl sites for hydroxylation is 1. The van der Waals surface area contributed by atoms with Crippen molar-refractivity contribution < 1.29 is 14.7 Å². The normalized spacial score (nSPS) is 10.2. The van der Waals surface area contributed by atoms with E-state index in [0.717, 1.165) is 4.90 Å². The lowest BCUT2D eigenvalue weighted by atomic mass is 10.1.